The maximum Gasteiger partial charge on any atom is 0.305 e. The fourth-order valence-corrected chi connectivity index (χ4v) is 3.55. The Labute approximate surface area is 172 Å². The van der Waals surface area contributed by atoms with Crippen molar-refractivity contribution in [1.29, 1.82) is 0 Å². The van der Waals surface area contributed by atoms with Crippen molar-refractivity contribution in [3.8, 4) is 5.75 Å². The normalized spacial score (nSPS) is 25.5. The number of rotatable bonds is 11. The van der Waals surface area contributed by atoms with E-state index in [0.717, 1.165) is 12.8 Å². The lowest BCUT2D eigenvalue weighted by molar-refractivity contribution is -0.140. The molecular formula is C23H32O6. The van der Waals surface area contributed by atoms with E-state index in [-0.39, 0.29) is 24.4 Å². The average Bonchev–Trinajstić information content (AvgIpc) is 3.00. The van der Waals surface area contributed by atoms with Crippen molar-refractivity contribution in [2.45, 2.75) is 50.4 Å². The lowest BCUT2D eigenvalue weighted by atomic mass is 9.89. The number of allylic oxidation sites excluding steroid dienone is 2. The van der Waals surface area contributed by atoms with Gasteiger partial charge in [-0.15, -0.1) is 0 Å². The fraction of sp³-hybridized carbons (Fsp3) is 0.522. The van der Waals surface area contributed by atoms with Crippen molar-refractivity contribution in [3.63, 3.8) is 0 Å². The molecule has 29 heavy (non-hydrogen) atoms. The second-order valence-corrected chi connectivity index (χ2v) is 7.36. The number of carbonyl (C=O) groups excluding carboxylic acids is 1. The molecule has 0 heterocycles. The molecule has 0 spiro atoms. The van der Waals surface area contributed by atoms with Gasteiger partial charge in [-0.2, -0.15) is 0 Å². The predicted octanol–water partition coefficient (Wildman–Crippen LogP) is 2.63. The Morgan fingerprint density at radius 1 is 1.21 bits per heavy atom. The molecule has 1 aromatic carbocycles. The molecule has 160 valence electrons. The zero-order valence-electron chi connectivity index (χ0n) is 16.9. The number of aliphatic hydroxyl groups excluding tert-OH is 3. The molecule has 1 aliphatic rings. The first-order valence-electron chi connectivity index (χ1n) is 10.1. The highest BCUT2D eigenvalue weighted by molar-refractivity contribution is 5.69. The van der Waals surface area contributed by atoms with Crippen LogP contribution in [0.3, 0.4) is 0 Å². The molecule has 0 radical (unpaired) electrons. The van der Waals surface area contributed by atoms with E-state index in [0.29, 0.717) is 25.0 Å². The number of aliphatic hydroxyl groups is 3. The molecule has 1 aliphatic carbocycles. The molecule has 1 saturated carbocycles. The first-order valence-corrected chi connectivity index (χ1v) is 10.1. The van der Waals surface area contributed by atoms with Crippen LogP contribution in [0.1, 0.15) is 32.1 Å². The fourth-order valence-electron chi connectivity index (χ4n) is 3.55. The smallest absolute Gasteiger partial charge is 0.305 e. The minimum Gasteiger partial charge on any atom is -0.491 e. The summed E-state index contributed by atoms with van der Waals surface area (Å²) in [6.07, 6.45) is 8.19. The number of methoxy groups -OCH3 is 1. The summed E-state index contributed by atoms with van der Waals surface area (Å²) >= 11 is 0. The molecule has 1 aromatic rings. The highest BCUT2D eigenvalue weighted by Gasteiger charge is 2.39. The van der Waals surface area contributed by atoms with E-state index in [1.54, 1.807) is 12.2 Å². The van der Waals surface area contributed by atoms with Gasteiger partial charge in [0.1, 0.15) is 18.5 Å². The zero-order valence-corrected chi connectivity index (χ0v) is 16.9. The average molecular weight is 405 g/mol. The van der Waals surface area contributed by atoms with E-state index in [9.17, 15) is 20.1 Å². The minimum absolute atomic E-state index is 0.111. The summed E-state index contributed by atoms with van der Waals surface area (Å²) in [7, 11) is 1.38. The number of hydrogen-bond donors (Lipinski definition) is 3. The number of hydrogen-bond acceptors (Lipinski definition) is 6. The molecule has 0 saturated heterocycles. The third-order valence-corrected chi connectivity index (χ3v) is 5.19. The highest BCUT2D eigenvalue weighted by Crippen LogP contribution is 2.36. The Kier molecular flexibility index (Phi) is 9.91. The Bertz CT molecular complexity index is 657. The largest absolute Gasteiger partial charge is 0.491 e. The van der Waals surface area contributed by atoms with Crippen LogP contribution in [0.25, 0.3) is 0 Å². The Balaban J connectivity index is 1.80. The van der Waals surface area contributed by atoms with Crippen LogP contribution < -0.4 is 4.74 Å². The molecular weight excluding hydrogens is 372 g/mol. The molecule has 0 bridgehead atoms. The van der Waals surface area contributed by atoms with Gasteiger partial charge in [-0.1, -0.05) is 42.5 Å². The minimum atomic E-state index is -0.797. The van der Waals surface area contributed by atoms with Crippen LogP contribution in [0.5, 0.6) is 5.75 Å². The van der Waals surface area contributed by atoms with Crippen molar-refractivity contribution < 1.29 is 29.6 Å². The van der Waals surface area contributed by atoms with Crippen LogP contribution in [0.4, 0.5) is 0 Å². The van der Waals surface area contributed by atoms with Crippen LogP contribution in [-0.2, 0) is 9.53 Å². The summed E-state index contributed by atoms with van der Waals surface area (Å²) in [6, 6.07) is 9.26. The second-order valence-electron chi connectivity index (χ2n) is 7.36. The summed E-state index contributed by atoms with van der Waals surface area (Å²) in [5, 5.41) is 30.7. The van der Waals surface area contributed by atoms with E-state index in [4.69, 9.17) is 4.74 Å². The number of unbranched alkanes of at least 4 members (excludes halogenated alkanes) is 1. The number of esters is 1. The number of benzene rings is 1. The van der Waals surface area contributed by atoms with Crippen LogP contribution in [0.2, 0.25) is 0 Å². The molecule has 3 N–H and O–H groups in total. The lowest BCUT2D eigenvalue weighted by Gasteiger charge is -2.19. The topological polar surface area (TPSA) is 96.2 Å². The Morgan fingerprint density at radius 3 is 2.69 bits per heavy atom. The monoisotopic (exact) mass is 404 g/mol. The van der Waals surface area contributed by atoms with Crippen molar-refractivity contribution in [1.82, 2.24) is 0 Å². The second kappa shape index (κ2) is 12.4. The van der Waals surface area contributed by atoms with Gasteiger partial charge in [0.2, 0.25) is 0 Å². The van der Waals surface area contributed by atoms with Crippen molar-refractivity contribution >= 4 is 5.97 Å². The SMILES string of the molecule is COC(=O)CCC/C=C\C[C@@H]1C(/C=C/[C@@H](O)COc2ccccc2)[C@H](O)C[C@@H]1O. The number of carbonyl (C=O) groups is 1. The molecule has 0 aliphatic heterocycles. The third-order valence-electron chi connectivity index (χ3n) is 5.19. The van der Waals surface area contributed by atoms with Crippen molar-refractivity contribution in [2.75, 3.05) is 13.7 Å². The van der Waals surface area contributed by atoms with Crippen molar-refractivity contribution in [2.24, 2.45) is 11.8 Å². The molecule has 2 rings (SSSR count). The predicted molar refractivity (Wildman–Crippen MR) is 110 cm³/mol. The van der Waals surface area contributed by atoms with E-state index in [1.165, 1.54) is 7.11 Å². The number of ether oxygens (including phenoxy) is 2. The Morgan fingerprint density at radius 2 is 1.97 bits per heavy atom. The lowest BCUT2D eigenvalue weighted by Crippen LogP contribution is -2.21. The summed E-state index contributed by atoms with van der Waals surface area (Å²) in [4.78, 5) is 11.1. The molecule has 6 nitrogen and oxygen atoms in total. The van der Waals surface area contributed by atoms with E-state index in [2.05, 4.69) is 4.74 Å². The highest BCUT2D eigenvalue weighted by atomic mass is 16.5. The first-order chi connectivity index (χ1) is 14.0. The quantitative estimate of drug-likeness (QED) is 0.298. The van der Waals surface area contributed by atoms with Crippen LogP contribution in [0, 0.1) is 11.8 Å². The Hall–Kier alpha value is -2.15. The summed E-state index contributed by atoms with van der Waals surface area (Å²) in [5.41, 5.74) is 0. The van der Waals surface area contributed by atoms with Gasteiger partial charge in [-0.05, 0) is 37.3 Å². The molecule has 6 heteroatoms. The van der Waals surface area contributed by atoms with E-state index in [1.807, 2.05) is 42.5 Å². The van der Waals surface area contributed by atoms with Gasteiger partial charge in [0.15, 0.2) is 0 Å². The maximum absolute atomic E-state index is 11.1. The van der Waals surface area contributed by atoms with Gasteiger partial charge in [0.25, 0.3) is 0 Å². The molecule has 1 fully saturated rings. The third kappa shape index (κ3) is 8.01. The van der Waals surface area contributed by atoms with Crippen LogP contribution in [-0.4, -0.2) is 53.3 Å². The van der Waals surface area contributed by atoms with E-state index < -0.39 is 18.3 Å². The van der Waals surface area contributed by atoms with Gasteiger partial charge in [0, 0.05) is 18.8 Å². The first kappa shape index (κ1) is 23.1. The van der Waals surface area contributed by atoms with Gasteiger partial charge in [0.05, 0.1) is 19.3 Å². The molecule has 0 aromatic heterocycles. The molecule has 1 unspecified atom stereocenters. The number of para-hydroxylation sites is 1. The summed E-state index contributed by atoms with van der Waals surface area (Å²) in [5.74, 6) is 0.135. The van der Waals surface area contributed by atoms with E-state index >= 15 is 0 Å². The molecule has 0 amide bonds. The molecule has 5 atom stereocenters. The van der Waals surface area contributed by atoms with Crippen LogP contribution in [0.15, 0.2) is 54.6 Å². The van der Waals surface area contributed by atoms with Gasteiger partial charge < -0.3 is 24.8 Å². The van der Waals surface area contributed by atoms with Gasteiger partial charge in [-0.3, -0.25) is 4.79 Å². The van der Waals surface area contributed by atoms with Crippen molar-refractivity contribution in [3.05, 3.63) is 54.6 Å². The standard InChI is InChI=1S/C23H32O6/c1-28-23(27)12-8-3-2-7-11-19-20(22(26)15-21(19)25)14-13-17(24)16-29-18-9-5-4-6-10-18/h2,4-7,9-10,13-14,17,19-22,24-26H,3,8,11-12,15-16H2,1H3/b7-2-,14-13+/t17-,19-,20?,21+,22-/m1/s1. The maximum atomic E-state index is 11.1. The van der Waals surface area contributed by atoms with Crippen LogP contribution >= 0.6 is 0 Å². The zero-order chi connectivity index (χ0) is 21.1. The summed E-state index contributed by atoms with van der Waals surface area (Å²) in [6.45, 7) is 0.122. The van der Waals surface area contributed by atoms with Gasteiger partial charge in [-0.25, -0.2) is 0 Å². The summed E-state index contributed by atoms with van der Waals surface area (Å²) < 4.78 is 10.1. The van der Waals surface area contributed by atoms with Gasteiger partial charge >= 0.3 is 5.97 Å².